The van der Waals surface area contributed by atoms with E-state index < -0.39 is 0 Å². The molecule has 0 atom stereocenters. The van der Waals surface area contributed by atoms with Crippen molar-refractivity contribution in [1.29, 1.82) is 0 Å². The molecule has 2 aromatic rings. The number of amides is 2. The second kappa shape index (κ2) is 7.59. The third-order valence-electron chi connectivity index (χ3n) is 4.80. The molecule has 0 unspecified atom stereocenters. The molecule has 1 aliphatic rings. The second-order valence-electron chi connectivity index (χ2n) is 6.46. The molecule has 3 rings (SSSR count). The predicted molar refractivity (Wildman–Crippen MR) is 95.4 cm³/mol. The fourth-order valence-corrected chi connectivity index (χ4v) is 3.20. The quantitative estimate of drug-likeness (QED) is 0.881. The zero-order chi connectivity index (χ0) is 18.7. The van der Waals surface area contributed by atoms with Crippen LogP contribution < -0.4 is 10.5 Å². The van der Waals surface area contributed by atoms with Gasteiger partial charge < -0.3 is 19.8 Å². The van der Waals surface area contributed by atoms with E-state index >= 15 is 0 Å². The van der Waals surface area contributed by atoms with E-state index in [4.69, 9.17) is 14.9 Å². The van der Waals surface area contributed by atoms with E-state index in [1.165, 1.54) is 0 Å². The van der Waals surface area contributed by atoms with Crippen molar-refractivity contribution in [2.75, 3.05) is 20.2 Å². The number of benzene rings is 1. The van der Waals surface area contributed by atoms with Crippen molar-refractivity contribution >= 4 is 11.8 Å². The number of ether oxygens (including phenoxy) is 1. The van der Waals surface area contributed by atoms with Gasteiger partial charge in [0, 0.05) is 19.0 Å². The number of primary amides is 1. The Morgan fingerprint density at radius 2 is 2.00 bits per heavy atom. The van der Waals surface area contributed by atoms with Crippen LogP contribution in [0.4, 0.5) is 0 Å². The Bertz CT molecular complexity index is 807. The molecule has 0 radical (unpaired) electrons. The summed E-state index contributed by atoms with van der Waals surface area (Å²) in [6, 6.07) is 7.45. The van der Waals surface area contributed by atoms with Crippen LogP contribution in [0, 0.1) is 12.8 Å². The smallest absolute Gasteiger partial charge is 0.230 e. The van der Waals surface area contributed by atoms with Crippen molar-refractivity contribution in [3.05, 3.63) is 35.7 Å². The number of oxazole rings is 1. The zero-order valence-corrected chi connectivity index (χ0v) is 15.0. The molecule has 1 fully saturated rings. The van der Waals surface area contributed by atoms with Crippen molar-refractivity contribution in [3.63, 3.8) is 0 Å². The molecule has 26 heavy (non-hydrogen) atoms. The summed E-state index contributed by atoms with van der Waals surface area (Å²) in [5.41, 5.74) is 6.71. The van der Waals surface area contributed by atoms with Gasteiger partial charge in [0.25, 0.3) is 0 Å². The van der Waals surface area contributed by atoms with Gasteiger partial charge in [-0.15, -0.1) is 0 Å². The maximum Gasteiger partial charge on any atom is 0.230 e. The zero-order valence-electron chi connectivity index (χ0n) is 15.0. The number of carbonyl (C=O) groups is 2. The molecular weight excluding hydrogens is 334 g/mol. The van der Waals surface area contributed by atoms with E-state index in [0.717, 1.165) is 5.56 Å². The molecule has 0 aliphatic carbocycles. The average molecular weight is 357 g/mol. The maximum absolute atomic E-state index is 12.6. The number of nitrogens with two attached hydrogens (primary N) is 1. The number of rotatable bonds is 5. The number of aryl methyl sites for hydroxylation is 1. The fraction of sp³-hybridized carbons (Fsp3) is 0.421. The van der Waals surface area contributed by atoms with Gasteiger partial charge >= 0.3 is 0 Å². The molecule has 0 spiro atoms. The number of nitrogens with zero attached hydrogens (tertiary/aromatic N) is 2. The highest BCUT2D eigenvalue weighted by Gasteiger charge is 2.27. The highest BCUT2D eigenvalue weighted by molar-refractivity contribution is 5.80. The fourth-order valence-electron chi connectivity index (χ4n) is 3.20. The topological polar surface area (TPSA) is 98.7 Å². The van der Waals surface area contributed by atoms with Crippen LogP contribution in [-0.2, 0) is 16.0 Å². The van der Waals surface area contributed by atoms with E-state index in [9.17, 15) is 9.59 Å². The van der Waals surface area contributed by atoms with E-state index in [2.05, 4.69) is 4.98 Å². The van der Waals surface area contributed by atoms with Gasteiger partial charge in [-0.25, -0.2) is 4.98 Å². The minimum absolute atomic E-state index is 0.0177. The minimum Gasteiger partial charge on any atom is -0.496 e. The molecular formula is C19H23N3O4. The van der Waals surface area contributed by atoms with Crippen molar-refractivity contribution in [2.24, 2.45) is 11.7 Å². The van der Waals surface area contributed by atoms with Crippen molar-refractivity contribution in [2.45, 2.75) is 26.2 Å². The highest BCUT2D eigenvalue weighted by atomic mass is 16.5. The lowest BCUT2D eigenvalue weighted by Crippen LogP contribution is -2.42. The van der Waals surface area contributed by atoms with Gasteiger partial charge in [-0.2, -0.15) is 0 Å². The molecule has 7 heteroatoms. The van der Waals surface area contributed by atoms with Crippen LogP contribution >= 0.6 is 0 Å². The van der Waals surface area contributed by atoms with Gasteiger partial charge in [0.15, 0.2) is 0 Å². The highest BCUT2D eigenvalue weighted by Crippen LogP contribution is 2.30. The first-order valence-corrected chi connectivity index (χ1v) is 8.66. The van der Waals surface area contributed by atoms with E-state index in [-0.39, 0.29) is 24.2 Å². The lowest BCUT2D eigenvalue weighted by molar-refractivity contribution is -0.134. The SMILES string of the molecule is COc1ccccc1-c1nc(CC(=O)N2CCC(C(N)=O)CC2)c(C)o1. The summed E-state index contributed by atoms with van der Waals surface area (Å²) < 4.78 is 11.1. The second-order valence-corrected chi connectivity index (χ2v) is 6.46. The van der Waals surface area contributed by atoms with E-state index in [0.29, 0.717) is 49.0 Å². The normalized spacial score (nSPS) is 15.1. The van der Waals surface area contributed by atoms with Crippen LogP contribution in [0.15, 0.2) is 28.7 Å². The Hall–Kier alpha value is -2.83. The molecule has 2 heterocycles. The lowest BCUT2D eigenvalue weighted by Gasteiger charge is -2.30. The van der Waals surface area contributed by atoms with Gasteiger partial charge in [-0.1, -0.05) is 12.1 Å². The lowest BCUT2D eigenvalue weighted by atomic mass is 9.96. The molecule has 0 bridgehead atoms. The van der Waals surface area contributed by atoms with Crippen LogP contribution in [0.3, 0.4) is 0 Å². The van der Waals surface area contributed by atoms with Crippen LogP contribution in [0.25, 0.3) is 11.5 Å². The molecule has 2 N–H and O–H groups in total. The summed E-state index contributed by atoms with van der Waals surface area (Å²) in [4.78, 5) is 30.1. The van der Waals surface area contributed by atoms with Crippen LogP contribution in [-0.4, -0.2) is 41.9 Å². The molecule has 1 aliphatic heterocycles. The number of carbonyl (C=O) groups excluding carboxylic acids is 2. The summed E-state index contributed by atoms with van der Waals surface area (Å²) >= 11 is 0. The molecule has 1 aromatic carbocycles. The third kappa shape index (κ3) is 3.71. The Morgan fingerprint density at radius 1 is 1.31 bits per heavy atom. The summed E-state index contributed by atoms with van der Waals surface area (Å²) in [5.74, 6) is 1.29. The number of hydrogen-bond acceptors (Lipinski definition) is 5. The molecule has 7 nitrogen and oxygen atoms in total. The van der Waals surface area contributed by atoms with Crippen LogP contribution in [0.5, 0.6) is 5.75 Å². The standard InChI is InChI=1S/C19H23N3O4/c1-12-15(11-17(23)22-9-7-13(8-10-22)18(20)24)21-19(26-12)14-5-3-4-6-16(14)25-2/h3-6,13H,7-11H2,1-2H3,(H2,20,24). The number of piperidine rings is 1. The summed E-state index contributed by atoms with van der Waals surface area (Å²) in [6.45, 7) is 2.89. The monoisotopic (exact) mass is 357 g/mol. The van der Waals surface area contributed by atoms with Crippen LogP contribution in [0.2, 0.25) is 0 Å². The Kier molecular flexibility index (Phi) is 5.25. The first kappa shape index (κ1) is 18.0. The molecule has 2 amide bonds. The van der Waals surface area contributed by atoms with Crippen LogP contribution in [0.1, 0.15) is 24.3 Å². The number of para-hydroxylation sites is 1. The van der Waals surface area contributed by atoms with Crippen molar-refractivity contribution in [3.8, 4) is 17.2 Å². The summed E-state index contributed by atoms with van der Waals surface area (Å²) in [6.07, 6.45) is 1.41. The Balaban J connectivity index is 1.70. The number of likely N-dealkylation sites (tertiary alicyclic amines) is 1. The molecule has 138 valence electrons. The molecule has 1 aromatic heterocycles. The number of hydrogen-bond donors (Lipinski definition) is 1. The first-order chi connectivity index (χ1) is 12.5. The molecule has 0 saturated carbocycles. The van der Waals surface area contributed by atoms with E-state index in [1.54, 1.807) is 18.9 Å². The van der Waals surface area contributed by atoms with Gasteiger partial charge in [0.05, 0.1) is 24.8 Å². The summed E-state index contributed by atoms with van der Waals surface area (Å²) in [7, 11) is 1.59. The largest absolute Gasteiger partial charge is 0.496 e. The van der Waals surface area contributed by atoms with Crippen molar-refractivity contribution in [1.82, 2.24) is 9.88 Å². The van der Waals surface area contributed by atoms with Gasteiger partial charge in [0.1, 0.15) is 11.5 Å². The summed E-state index contributed by atoms with van der Waals surface area (Å²) in [5, 5.41) is 0. The van der Waals surface area contributed by atoms with Gasteiger partial charge in [0.2, 0.25) is 17.7 Å². The van der Waals surface area contributed by atoms with Gasteiger partial charge in [-0.3, -0.25) is 9.59 Å². The predicted octanol–water partition coefficient (Wildman–Crippen LogP) is 1.93. The Morgan fingerprint density at radius 3 is 2.65 bits per heavy atom. The third-order valence-corrected chi connectivity index (χ3v) is 4.80. The number of aromatic nitrogens is 1. The van der Waals surface area contributed by atoms with E-state index in [1.807, 2.05) is 24.3 Å². The Labute approximate surface area is 152 Å². The first-order valence-electron chi connectivity index (χ1n) is 8.66. The molecule has 1 saturated heterocycles. The minimum atomic E-state index is -0.286. The maximum atomic E-state index is 12.6. The van der Waals surface area contributed by atoms with Crippen molar-refractivity contribution < 1.29 is 18.7 Å². The average Bonchev–Trinajstić information content (AvgIpc) is 3.02. The number of methoxy groups -OCH3 is 1. The van der Waals surface area contributed by atoms with Gasteiger partial charge in [-0.05, 0) is 31.9 Å².